The Balaban J connectivity index is 1.64. The third-order valence-corrected chi connectivity index (χ3v) is 7.20. The fraction of sp³-hybridized carbons (Fsp3) is 0.567. The minimum atomic E-state index is -0.228. The van der Waals surface area contributed by atoms with E-state index in [0.29, 0.717) is 29.0 Å². The lowest BCUT2D eigenvalue weighted by Crippen LogP contribution is -2.37. The Kier molecular flexibility index (Phi) is 11.9. The average Bonchev–Trinajstić information content (AvgIpc) is 2.86. The summed E-state index contributed by atoms with van der Waals surface area (Å²) in [6.07, 6.45) is 13.0. The van der Waals surface area contributed by atoms with E-state index >= 15 is 0 Å². The van der Waals surface area contributed by atoms with Crippen LogP contribution in [0.5, 0.6) is 11.5 Å². The molecule has 0 aliphatic carbocycles. The lowest BCUT2D eigenvalue weighted by Gasteiger charge is -2.35. The van der Waals surface area contributed by atoms with Gasteiger partial charge < -0.3 is 14.4 Å². The van der Waals surface area contributed by atoms with Crippen LogP contribution in [-0.2, 0) is 4.79 Å². The molecule has 0 aromatic heterocycles. The predicted octanol–water partition coefficient (Wildman–Crippen LogP) is 8.38. The highest BCUT2D eigenvalue weighted by molar-refractivity contribution is 6.30. The Morgan fingerprint density at radius 1 is 1.00 bits per heavy atom. The molecule has 0 saturated carbocycles. The van der Waals surface area contributed by atoms with Crippen molar-refractivity contribution in [3.63, 3.8) is 0 Å². The third-order valence-electron chi connectivity index (χ3n) is 6.96. The van der Waals surface area contributed by atoms with Crippen LogP contribution in [0.3, 0.4) is 0 Å². The molecule has 0 spiro atoms. The van der Waals surface area contributed by atoms with Gasteiger partial charge in [-0.1, -0.05) is 93.8 Å². The van der Waals surface area contributed by atoms with E-state index in [4.69, 9.17) is 21.1 Å². The second-order valence-electron chi connectivity index (χ2n) is 9.82. The van der Waals surface area contributed by atoms with Gasteiger partial charge >= 0.3 is 5.97 Å². The van der Waals surface area contributed by atoms with Crippen LogP contribution in [0.15, 0.2) is 48.5 Å². The maximum absolute atomic E-state index is 12.6. The molecule has 2 aromatic carbocycles. The summed E-state index contributed by atoms with van der Waals surface area (Å²) < 4.78 is 12.3. The van der Waals surface area contributed by atoms with Crippen LogP contribution in [0.25, 0.3) is 0 Å². The number of ether oxygens (including phenoxy) is 2. The van der Waals surface area contributed by atoms with Crippen molar-refractivity contribution in [3.8, 4) is 11.5 Å². The Hall–Kier alpha value is -2.04. The Morgan fingerprint density at radius 3 is 2.49 bits per heavy atom. The summed E-state index contributed by atoms with van der Waals surface area (Å²) in [5.41, 5.74) is 1.13. The molecule has 2 aromatic rings. The normalized spacial score (nSPS) is 17.2. The first-order valence-electron chi connectivity index (χ1n) is 13.5. The van der Waals surface area contributed by atoms with Gasteiger partial charge in [0.25, 0.3) is 0 Å². The van der Waals surface area contributed by atoms with Crippen LogP contribution in [0.1, 0.15) is 95.6 Å². The maximum Gasteiger partial charge on any atom is 0.311 e. The van der Waals surface area contributed by atoms with Crippen molar-refractivity contribution >= 4 is 17.6 Å². The maximum atomic E-state index is 12.6. The molecule has 0 radical (unpaired) electrons. The lowest BCUT2D eigenvalue weighted by atomic mass is 9.94. The molecule has 4 nitrogen and oxygen atoms in total. The first-order valence-corrected chi connectivity index (χ1v) is 13.9. The fourth-order valence-electron chi connectivity index (χ4n) is 4.82. The van der Waals surface area contributed by atoms with Crippen LogP contribution in [0.4, 0.5) is 0 Å². The van der Waals surface area contributed by atoms with E-state index in [0.717, 1.165) is 31.4 Å². The van der Waals surface area contributed by atoms with Gasteiger partial charge in [0, 0.05) is 30.0 Å². The molecule has 2 unspecified atom stereocenters. The number of benzene rings is 2. The standard InChI is InChI=1S/C30H42ClNO3/c1-3-4-5-6-7-8-12-18-30(33)35-29-22-25(31)19-20-27(29)34-28(24-15-10-9-11-16-24)23-26-17-13-14-21-32(26)2/h9-11,15-16,19-20,22,26,28H,3-8,12-14,17-18,21,23H2,1-2H3. The molecule has 5 heteroatoms. The smallest absolute Gasteiger partial charge is 0.311 e. The Labute approximate surface area is 217 Å². The van der Waals surface area contributed by atoms with E-state index in [1.165, 1.54) is 51.4 Å². The summed E-state index contributed by atoms with van der Waals surface area (Å²) in [6.45, 7) is 3.34. The first-order chi connectivity index (χ1) is 17.1. The summed E-state index contributed by atoms with van der Waals surface area (Å²) in [4.78, 5) is 15.0. The van der Waals surface area contributed by atoms with Crippen molar-refractivity contribution in [1.29, 1.82) is 0 Å². The van der Waals surface area contributed by atoms with Crippen molar-refractivity contribution in [2.75, 3.05) is 13.6 Å². The highest BCUT2D eigenvalue weighted by Crippen LogP contribution is 2.37. The molecule has 1 fully saturated rings. The Morgan fingerprint density at radius 2 is 1.74 bits per heavy atom. The molecule has 35 heavy (non-hydrogen) atoms. The minimum absolute atomic E-state index is 0.136. The molecule has 192 valence electrons. The van der Waals surface area contributed by atoms with E-state index in [-0.39, 0.29) is 12.1 Å². The van der Waals surface area contributed by atoms with Gasteiger partial charge in [0.1, 0.15) is 6.10 Å². The van der Waals surface area contributed by atoms with Crippen molar-refractivity contribution in [1.82, 2.24) is 4.90 Å². The Bertz CT molecular complexity index is 888. The van der Waals surface area contributed by atoms with Gasteiger partial charge in [-0.25, -0.2) is 0 Å². The number of piperidine rings is 1. The highest BCUT2D eigenvalue weighted by Gasteiger charge is 2.26. The van der Waals surface area contributed by atoms with Crippen LogP contribution >= 0.6 is 11.6 Å². The van der Waals surface area contributed by atoms with E-state index in [1.54, 1.807) is 12.1 Å². The number of esters is 1. The van der Waals surface area contributed by atoms with Gasteiger partial charge in [-0.15, -0.1) is 0 Å². The van der Waals surface area contributed by atoms with Gasteiger partial charge in [0.15, 0.2) is 11.5 Å². The quantitative estimate of drug-likeness (QED) is 0.148. The zero-order valence-corrected chi connectivity index (χ0v) is 22.3. The summed E-state index contributed by atoms with van der Waals surface area (Å²) in [7, 11) is 2.20. The molecule has 0 bridgehead atoms. The van der Waals surface area contributed by atoms with E-state index in [9.17, 15) is 4.79 Å². The van der Waals surface area contributed by atoms with Gasteiger partial charge in [0.05, 0.1) is 0 Å². The van der Waals surface area contributed by atoms with Crippen LogP contribution in [-0.4, -0.2) is 30.5 Å². The highest BCUT2D eigenvalue weighted by atomic mass is 35.5. The summed E-state index contributed by atoms with van der Waals surface area (Å²) in [5.74, 6) is 0.743. The van der Waals surface area contributed by atoms with Crippen molar-refractivity contribution < 1.29 is 14.3 Å². The number of unbranched alkanes of at least 4 members (excludes halogenated alkanes) is 6. The van der Waals surface area contributed by atoms with Gasteiger partial charge in [-0.05, 0) is 50.6 Å². The average molecular weight is 500 g/mol. The zero-order chi connectivity index (χ0) is 24.9. The molecule has 1 aliphatic heterocycles. The number of halogens is 1. The number of hydrogen-bond acceptors (Lipinski definition) is 4. The summed E-state index contributed by atoms with van der Waals surface area (Å²) >= 11 is 6.26. The number of likely N-dealkylation sites (tertiary alicyclic amines) is 1. The topological polar surface area (TPSA) is 38.8 Å². The summed E-state index contributed by atoms with van der Waals surface area (Å²) in [5, 5.41) is 0.527. The molecule has 1 aliphatic rings. The number of carbonyl (C=O) groups excluding carboxylic acids is 1. The fourth-order valence-corrected chi connectivity index (χ4v) is 4.98. The molecule has 1 saturated heterocycles. The predicted molar refractivity (Wildman–Crippen MR) is 144 cm³/mol. The van der Waals surface area contributed by atoms with Crippen LogP contribution in [0, 0.1) is 0 Å². The number of carbonyl (C=O) groups is 1. The SMILES string of the molecule is CCCCCCCCCC(=O)Oc1cc(Cl)ccc1OC(CC1CCCCN1C)c1ccccc1. The van der Waals surface area contributed by atoms with Gasteiger partial charge in [-0.3, -0.25) is 4.79 Å². The first kappa shape index (κ1) is 27.5. The van der Waals surface area contributed by atoms with Crippen LogP contribution in [0.2, 0.25) is 5.02 Å². The molecule has 0 amide bonds. The molecule has 2 atom stereocenters. The zero-order valence-electron chi connectivity index (χ0n) is 21.5. The third kappa shape index (κ3) is 9.50. The molecule has 1 heterocycles. The molecular formula is C30H42ClNO3. The monoisotopic (exact) mass is 499 g/mol. The van der Waals surface area contributed by atoms with Gasteiger partial charge in [-0.2, -0.15) is 0 Å². The van der Waals surface area contributed by atoms with Crippen molar-refractivity contribution in [3.05, 3.63) is 59.1 Å². The van der Waals surface area contributed by atoms with E-state index in [1.807, 2.05) is 24.3 Å². The molecule has 0 N–H and O–H groups in total. The minimum Gasteiger partial charge on any atom is -0.482 e. The van der Waals surface area contributed by atoms with Crippen molar-refractivity contribution in [2.45, 2.75) is 96.1 Å². The van der Waals surface area contributed by atoms with E-state index in [2.05, 4.69) is 31.0 Å². The number of rotatable bonds is 14. The van der Waals surface area contributed by atoms with Crippen LogP contribution < -0.4 is 9.47 Å². The molecule has 3 rings (SSSR count). The lowest BCUT2D eigenvalue weighted by molar-refractivity contribution is -0.134. The second-order valence-corrected chi connectivity index (χ2v) is 10.3. The number of nitrogens with zero attached hydrogens (tertiary/aromatic N) is 1. The summed E-state index contributed by atoms with van der Waals surface area (Å²) in [6, 6.07) is 16.1. The second kappa shape index (κ2) is 15.2. The molecular weight excluding hydrogens is 458 g/mol. The van der Waals surface area contributed by atoms with E-state index < -0.39 is 0 Å². The van der Waals surface area contributed by atoms with Crippen molar-refractivity contribution in [2.24, 2.45) is 0 Å². The number of hydrogen-bond donors (Lipinski definition) is 0. The largest absolute Gasteiger partial charge is 0.482 e. The van der Waals surface area contributed by atoms with Gasteiger partial charge in [0.2, 0.25) is 0 Å².